The van der Waals surface area contributed by atoms with Gasteiger partial charge in [-0.2, -0.15) is 8.42 Å². The van der Waals surface area contributed by atoms with Crippen LogP contribution in [-0.4, -0.2) is 120 Å². The molecule has 0 bridgehead atoms. The number of rotatable bonds is 28. The fraction of sp³-hybridized carbons (Fsp3) is 0.581. The minimum Gasteiger partial charge on any atom is -0.445 e. The van der Waals surface area contributed by atoms with Crippen LogP contribution < -0.4 is 5.32 Å². The molecular formula is C31H47NO12S. The molecule has 0 radical (unpaired) electrons. The van der Waals surface area contributed by atoms with Crippen molar-refractivity contribution in [1.29, 1.82) is 0 Å². The zero-order chi connectivity index (χ0) is 32.3. The maximum atomic E-state index is 12.1. The molecule has 0 saturated heterocycles. The second-order valence-electron chi connectivity index (χ2n) is 9.36. The van der Waals surface area contributed by atoms with Crippen molar-refractivity contribution in [2.45, 2.75) is 18.4 Å². The third kappa shape index (κ3) is 20.9. The Morgan fingerprint density at radius 3 is 1.47 bits per heavy atom. The van der Waals surface area contributed by atoms with Crippen molar-refractivity contribution in [3.8, 4) is 0 Å². The van der Waals surface area contributed by atoms with E-state index in [0.717, 1.165) is 11.1 Å². The van der Waals surface area contributed by atoms with Gasteiger partial charge in [-0.3, -0.25) is 4.18 Å². The third-order valence-electron chi connectivity index (χ3n) is 5.74. The average Bonchev–Trinajstić information content (AvgIpc) is 3.04. The van der Waals surface area contributed by atoms with E-state index in [4.69, 9.17) is 42.1 Å². The summed E-state index contributed by atoms with van der Waals surface area (Å²) in [6, 6.07) is 15.9. The van der Waals surface area contributed by atoms with Crippen LogP contribution in [0.1, 0.15) is 11.1 Å². The van der Waals surface area contributed by atoms with E-state index < -0.39 is 16.2 Å². The van der Waals surface area contributed by atoms with Gasteiger partial charge in [0, 0.05) is 6.54 Å². The molecular weight excluding hydrogens is 610 g/mol. The normalized spacial score (nSPS) is 11.5. The zero-order valence-corrected chi connectivity index (χ0v) is 26.8. The lowest BCUT2D eigenvalue weighted by Crippen LogP contribution is -2.28. The lowest BCUT2D eigenvalue weighted by Gasteiger charge is -2.09. The van der Waals surface area contributed by atoms with Crippen molar-refractivity contribution < 1.29 is 55.3 Å². The van der Waals surface area contributed by atoms with Gasteiger partial charge >= 0.3 is 6.09 Å². The number of hydrogen-bond acceptors (Lipinski definition) is 12. The van der Waals surface area contributed by atoms with Crippen LogP contribution >= 0.6 is 0 Å². The first-order valence-corrected chi connectivity index (χ1v) is 16.3. The number of hydrogen-bond donors (Lipinski definition) is 1. The number of nitrogens with one attached hydrogen (secondary N) is 1. The maximum Gasteiger partial charge on any atom is 0.407 e. The Hall–Kier alpha value is -2.66. The summed E-state index contributed by atoms with van der Waals surface area (Å²) in [7, 11) is -3.78. The second-order valence-corrected chi connectivity index (χ2v) is 11.0. The smallest absolute Gasteiger partial charge is 0.407 e. The molecule has 14 heteroatoms. The van der Waals surface area contributed by atoms with Gasteiger partial charge in [0.25, 0.3) is 10.1 Å². The standard InChI is InChI=1S/C31H47NO12S/c1-28-7-9-30(10-8-28)45(34,35)44-26-25-42-24-23-41-22-21-40-20-19-39-18-17-38-16-15-37-14-13-36-12-11-32-31(33)43-27-29-5-3-2-4-6-29/h2-10H,11-27H2,1H3,(H,32,33). The molecule has 0 aliphatic heterocycles. The molecule has 1 N–H and O–H groups in total. The van der Waals surface area contributed by atoms with Crippen molar-refractivity contribution >= 4 is 16.2 Å². The summed E-state index contributed by atoms with van der Waals surface area (Å²) in [6.45, 7) is 8.01. The van der Waals surface area contributed by atoms with Crippen LogP contribution in [0.25, 0.3) is 0 Å². The number of alkyl carbamates (subject to hydrolysis) is 1. The fourth-order valence-electron chi connectivity index (χ4n) is 3.40. The monoisotopic (exact) mass is 657 g/mol. The molecule has 0 fully saturated rings. The molecule has 13 nitrogen and oxygen atoms in total. The molecule has 1 amide bonds. The number of ether oxygens (including phenoxy) is 8. The summed E-state index contributed by atoms with van der Waals surface area (Å²) in [6.07, 6.45) is -0.478. The predicted octanol–water partition coefficient (Wildman–Crippen LogP) is 2.74. The molecule has 254 valence electrons. The molecule has 0 spiro atoms. The molecule has 0 aromatic heterocycles. The first-order chi connectivity index (χ1) is 22.0. The summed E-state index contributed by atoms with van der Waals surface area (Å²) in [4.78, 5) is 11.7. The molecule has 0 unspecified atom stereocenters. The van der Waals surface area contributed by atoms with Crippen LogP contribution in [0.2, 0.25) is 0 Å². The fourth-order valence-corrected chi connectivity index (χ4v) is 4.29. The van der Waals surface area contributed by atoms with Crippen LogP contribution in [0.5, 0.6) is 0 Å². The maximum absolute atomic E-state index is 12.1. The molecule has 2 aromatic rings. The van der Waals surface area contributed by atoms with E-state index in [0.29, 0.717) is 92.4 Å². The van der Waals surface area contributed by atoms with E-state index in [2.05, 4.69) is 5.32 Å². The molecule has 0 aliphatic rings. The summed E-state index contributed by atoms with van der Waals surface area (Å²) >= 11 is 0. The van der Waals surface area contributed by atoms with Crippen LogP contribution in [0.4, 0.5) is 4.79 Å². The quantitative estimate of drug-likeness (QED) is 0.106. The summed E-state index contributed by atoms with van der Waals surface area (Å²) in [5.41, 5.74) is 1.90. The van der Waals surface area contributed by atoms with Crippen molar-refractivity contribution in [3.05, 3.63) is 65.7 Å². The minimum atomic E-state index is -3.78. The van der Waals surface area contributed by atoms with Crippen molar-refractivity contribution in [2.75, 3.05) is 106 Å². The van der Waals surface area contributed by atoms with Gasteiger partial charge in [-0.05, 0) is 24.6 Å². The SMILES string of the molecule is Cc1ccc(S(=O)(=O)OCCOCCOCCOCCOCCOCCOCCOCCNC(=O)OCc2ccccc2)cc1. The van der Waals surface area contributed by atoms with Crippen LogP contribution in [0, 0.1) is 6.92 Å². The Morgan fingerprint density at radius 2 is 1.00 bits per heavy atom. The molecule has 2 rings (SSSR count). The van der Waals surface area contributed by atoms with Crippen molar-refractivity contribution in [2.24, 2.45) is 0 Å². The summed E-state index contributed by atoms with van der Waals surface area (Å²) < 4.78 is 72.1. The highest BCUT2D eigenvalue weighted by Gasteiger charge is 2.14. The highest BCUT2D eigenvalue weighted by Crippen LogP contribution is 2.12. The first-order valence-electron chi connectivity index (χ1n) is 14.9. The predicted molar refractivity (Wildman–Crippen MR) is 165 cm³/mol. The van der Waals surface area contributed by atoms with Gasteiger partial charge in [0.15, 0.2) is 0 Å². The van der Waals surface area contributed by atoms with E-state index in [9.17, 15) is 13.2 Å². The van der Waals surface area contributed by atoms with E-state index >= 15 is 0 Å². The highest BCUT2D eigenvalue weighted by molar-refractivity contribution is 7.86. The third-order valence-corrected chi connectivity index (χ3v) is 7.06. The zero-order valence-electron chi connectivity index (χ0n) is 26.0. The molecule has 45 heavy (non-hydrogen) atoms. The van der Waals surface area contributed by atoms with Gasteiger partial charge in [0.1, 0.15) is 6.61 Å². The van der Waals surface area contributed by atoms with Crippen molar-refractivity contribution in [3.63, 3.8) is 0 Å². The Labute approximate surface area is 266 Å². The topological polar surface area (TPSA) is 146 Å². The summed E-state index contributed by atoms with van der Waals surface area (Å²) in [5.74, 6) is 0. The number of carbonyl (C=O) groups is 1. The average molecular weight is 658 g/mol. The van der Waals surface area contributed by atoms with E-state index in [-0.39, 0.29) is 24.7 Å². The molecule has 0 atom stereocenters. The first kappa shape index (κ1) is 38.5. The van der Waals surface area contributed by atoms with Crippen molar-refractivity contribution in [1.82, 2.24) is 5.32 Å². The van der Waals surface area contributed by atoms with Gasteiger partial charge in [0.05, 0.1) is 104 Å². The largest absolute Gasteiger partial charge is 0.445 e. The van der Waals surface area contributed by atoms with Gasteiger partial charge in [0.2, 0.25) is 0 Å². The Bertz CT molecular complexity index is 1100. The second kappa shape index (κ2) is 25.5. The molecule has 0 aliphatic carbocycles. The molecule has 0 saturated carbocycles. The lowest BCUT2D eigenvalue weighted by molar-refractivity contribution is -0.0210. The highest BCUT2D eigenvalue weighted by atomic mass is 32.2. The Balaban J connectivity index is 1.22. The van der Waals surface area contributed by atoms with Gasteiger partial charge in [-0.1, -0.05) is 48.0 Å². The number of amides is 1. The Kier molecular flexibility index (Phi) is 21.8. The minimum absolute atomic E-state index is 0.0642. The van der Waals surface area contributed by atoms with Gasteiger partial charge < -0.3 is 43.2 Å². The number of aryl methyl sites for hydroxylation is 1. The molecule has 0 heterocycles. The Morgan fingerprint density at radius 1 is 0.578 bits per heavy atom. The van der Waals surface area contributed by atoms with Crippen LogP contribution in [0.15, 0.2) is 59.5 Å². The molecule has 2 aromatic carbocycles. The van der Waals surface area contributed by atoms with E-state index in [1.165, 1.54) is 12.1 Å². The van der Waals surface area contributed by atoms with Crippen LogP contribution in [0.3, 0.4) is 0 Å². The van der Waals surface area contributed by atoms with Gasteiger partial charge in [-0.25, -0.2) is 4.79 Å². The number of benzene rings is 2. The lowest BCUT2D eigenvalue weighted by atomic mass is 10.2. The van der Waals surface area contributed by atoms with Crippen LogP contribution in [-0.2, 0) is 58.8 Å². The van der Waals surface area contributed by atoms with Gasteiger partial charge in [-0.15, -0.1) is 0 Å². The van der Waals surface area contributed by atoms with E-state index in [1.54, 1.807) is 12.1 Å². The van der Waals surface area contributed by atoms with E-state index in [1.807, 2.05) is 37.3 Å². The summed E-state index contributed by atoms with van der Waals surface area (Å²) in [5, 5.41) is 2.63. The number of carbonyl (C=O) groups excluding carboxylic acids is 1.